The summed E-state index contributed by atoms with van der Waals surface area (Å²) < 4.78 is 0. The van der Waals surface area contributed by atoms with E-state index in [4.69, 9.17) is 6.42 Å². The zero-order valence-corrected chi connectivity index (χ0v) is 9.98. The third-order valence-corrected chi connectivity index (χ3v) is 2.57. The van der Waals surface area contributed by atoms with Crippen LogP contribution in [0, 0.1) is 12.3 Å². The van der Waals surface area contributed by atoms with E-state index in [1.807, 2.05) is 43.3 Å². The molecule has 1 N–H and O–H groups in total. The summed E-state index contributed by atoms with van der Waals surface area (Å²) in [6.07, 6.45) is 7.08. The van der Waals surface area contributed by atoms with E-state index in [0.717, 1.165) is 30.5 Å². The maximum Gasteiger partial charge on any atom is 0.0791 e. The van der Waals surface area contributed by atoms with Crippen molar-refractivity contribution >= 4 is 5.69 Å². The van der Waals surface area contributed by atoms with Gasteiger partial charge in [0.1, 0.15) is 0 Å². The van der Waals surface area contributed by atoms with Gasteiger partial charge in [0, 0.05) is 26.2 Å². The average molecular weight is 217 g/mol. The number of aliphatic hydroxyl groups is 1. The Morgan fingerprint density at radius 3 is 2.81 bits per heavy atom. The first kappa shape index (κ1) is 12.6. The van der Waals surface area contributed by atoms with Gasteiger partial charge in [0.05, 0.1) is 6.10 Å². The lowest BCUT2D eigenvalue weighted by Crippen LogP contribution is -2.09. The van der Waals surface area contributed by atoms with E-state index in [0.29, 0.717) is 0 Å². The van der Waals surface area contributed by atoms with Crippen LogP contribution in [-0.2, 0) is 0 Å². The van der Waals surface area contributed by atoms with Gasteiger partial charge in [-0.25, -0.2) is 0 Å². The van der Waals surface area contributed by atoms with Gasteiger partial charge in [-0.2, -0.15) is 0 Å². The molecule has 0 radical (unpaired) electrons. The number of anilines is 1. The molecule has 0 aliphatic heterocycles. The van der Waals surface area contributed by atoms with Gasteiger partial charge in [0.25, 0.3) is 0 Å². The Labute approximate surface area is 97.9 Å². The maximum absolute atomic E-state index is 9.97. The smallest absolute Gasteiger partial charge is 0.0791 e. The number of hydrogen-bond acceptors (Lipinski definition) is 2. The summed E-state index contributed by atoms with van der Waals surface area (Å²) in [6, 6.07) is 7.96. The van der Waals surface area contributed by atoms with Gasteiger partial charge in [-0.15, -0.1) is 12.3 Å². The molecule has 2 heteroatoms. The highest BCUT2D eigenvalue weighted by atomic mass is 16.3. The zero-order chi connectivity index (χ0) is 12.0. The molecule has 16 heavy (non-hydrogen) atoms. The van der Waals surface area contributed by atoms with Crippen molar-refractivity contribution in [2.24, 2.45) is 0 Å². The highest BCUT2D eigenvalue weighted by molar-refractivity contribution is 5.47. The van der Waals surface area contributed by atoms with Gasteiger partial charge in [0.2, 0.25) is 0 Å². The fraction of sp³-hybridized carbons (Fsp3) is 0.429. The fourth-order valence-electron chi connectivity index (χ4n) is 1.57. The molecular weight excluding hydrogens is 198 g/mol. The molecule has 0 aromatic heterocycles. The number of rotatable bonds is 5. The topological polar surface area (TPSA) is 23.5 Å². The minimum absolute atomic E-state index is 0.409. The average Bonchev–Trinajstić information content (AvgIpc) is 2.29. The Kier molecular flexibility index (Phi) is 4.88. The zero-order valence-electron chi connectivity index (χ0n) is 9.98. The molecule has 0 saturated heterocycles. The van der Waals surface area contributed by atoms with Crippen LogP contribution in [0.1, 0.15) is 30.9 Å². The molecule has 0 bridgehead atoms. The first-order valence-corrected chi connectivity index (χ1v) is 5.54. The first-order valence-electron chi connectivity index (χ1n) is 5.54. The molecule has 0 fully saturated rings. The minimum atomic E-state index is -0.409. The molecule has 1 rings (SSSR count). The Morgan fingerprint density at radius 1 is 1.44 bits per heavy atom. The number of terminal acetylenes is 1. The molecule has 0 saturated carbocycles. The van der Waals surface area contributed by atoms with Crippen LogP contribution in [0.2, 0.25) is 0 Å². The van der Waals surface area contributed by atoms with Crippen molar-refractivity contribution in [1.82, 2.24) is 0 Å². The number of unbranched alkanes of at least 4 members (excludes halogenated alkanes) is 1. The lowest BCUT2D eigenvalue weighted by molar-refractivity contribution is 0.165. The normalized spacial score (nSPS) is 11.9. The van der Waals surface area contributed by atoms with Crippen LogP contribution in [0.25, 0.3) is 0 Å². The van der Waals surface area contributed by atoms with Gasteiger partial charge in [-0.3, -0.25) is 0 Å². The first-order chi connectivity index (χ1) is 7.65. The Morgan fingerprint density at radius 2 is 2.19 bits per heavy atom. The van der Waals surface area contributed by atoms with E-state index in [1.54, 1.807) is 0 Å². The summed E-state index contributed by atoms with van der Waals surface area (Å²) in [5.74, 6) is 2.58. The van der Waals surface area contributed by atoms with Crippen molar-refractivity contribution in [3.8, 4) is 12.3 Å². The summed E-state index contributed by atoms with van der Waals surface area (Å²) in [4.78, 5) is 2.03. The molecule has 0 amide bonds. The SMILES string of the molecule is C#CCCCC(O)c1cccc(N(C)C)c1. The summed E-state index contributed by atoms with van der Waals surface area (Å²) >= 11 is 0. The predicted octanol–water partition coefficient (Wildman–Crippen LogP) is 2.59. The Hall–Kier alpha value is -1.46. The van der Waals surface area contributed by atoms with Crippen LogP contribution in [0.3, 0.4) is 0 Å². The highest BCUT2D eigenvalue weighted by Crippen LogP contribution is 2.22. The number of benzene rings is 1. The van der Waals surface area contributed by atoms with E-state index in [-0.39, 0.29) is 0 Å². The summed E-state index contributed by atoms with van der Waals surface area (Å²) in [5, 5.41) is 9.97. The molecule has 86 valence electrons. The third-order valence-electron chi connectivity index (χ3n) is 2.57. The summed E-state index contributed by atoms with van der Waals surface area (Å²) in [6.45, 7) is 0. The molecule has 1 unspecified atom stereocenters. The van der Waals surface area contributed by atoms with Gasteiger partial charge in [-0.05, 0) is 30.5 Å². The van der Waals surface area contributed by atoms with E-state index in [1.165, 1.54) is 0 Å². The summed E-state index contributed by atoms with van der Waals surface area (Å²) in [7, 11) is 3.98. The lowest BCUT2D eigenvalue weighted by atomic mass is 10.0. The fourth-order valence-corrected chi connectivity index (χ4v) is 1.57. The molecule has 0 aliphatic carbocycles. The van der Waals surface area contributed by atoms with Crippen molar-refractivity contribution in [3.05, 3.63) is 29.8 Å². The van der Waals surface area contributed by atoms with E-state index < -0.39 is 6.10 Å². The van der Waals surface area contributed by atoms with E-state index in [2.05, 4.69) is 5.92 Å². The van der Waals surface area contributed by atoms with Crippen LogP contribution < -0.4 is 4.90 Å². The van der Waals surface area contributed by atoms with Crippen LogP contribution in [0.5, 0.6) is 0 Å². The molecule has 1 atom stereocenters. The van der Waals surface area contributed by atoms with Crippen molar-refractivity contribution in [1.29, 1.82) is 0 Å². The van der Waals surface area contributed by atoms with Crippen molar-refractivity contribution < 1.29 is 5.11 Å². The van der Waals surface area contributed by atoms with Gasteiger partial charge < -0.3 is 10.0 Å². The van der Waals surface area contributed by atoms with Crippen molar-refractivity contribution in [2.45, 2.75) is 25.4 Å². The standard InChI is InChI=1S/C14H19NO/c1-4-5-6-10-14(16)12-8-7-9-13(11-12)15(2)3/h1,7-9,11,14,16H,5-6,10H2,2-3H3. The second kappa shape index (κ2) is 6.19. The van der Waals surface area contributed by atoms with E-state index >= 15 is 0 Å². The van der Waals surface area contributed by atoms with Crippen molar-refractivity contribution in [3.63, 3.8) is 0 Å². The number of nitrogens with zero attached hydrogens (tertiary/aromatic N) is 1. The molecule has 0 aliphatic rings. The molecular formula is C14H19NO. The minimum Gasteiger partial charge on any atom is -0.388 e. The Bertz CT molecular complexity index is 365. The van der Waals surface area contributed by atoms with Crippen molar-refractivity contribution in [2.75, 3.05) is 19.0 Å². The third kappa shape index (κ3) is 3.60. The quantitative estimate of drug-likeness (QED) is 0.605. The molecule has 1 aromatic carbocycles. The Balaban J connectivity index is 2.65. The van der Waals surface area contributed by atoms with E-state index in [9.17, 15) is 5.11 Å². The largest absolute Gasteiger partial charge is 0.388 e. The van der Waals surface area contributed by atoms with Crippen LogP contribution in [0.15, 0.2) is 24.3 Å². The number of hydrogen-bond donors (Lipinski definition) is 1. The molecule has 0 spiro atoms. The maximum atomic E-state index is 9.97. The molecule has 1 aromatic rings. The predicted molar refractivity (Wildman–Crippen MR) is 68.4 cm³/mol. The lowest BCUT2D eigenvalue weighted by Gasteiger charge is -2.16. The highest BCUT2D eigenvalue weighted by Gasteiger charge is 2.07. The summed E-state index contributed by atoms with van der Waals surface area (Å²) in [5.41, 5.74) is 2.07. The number of aliphatic hydroxyl groups excluding tert-OH is 1. The van der Waals surface area contributed by atoms with Crippen LogP contribution in [0.4, 0.5) is 5.69 Å². The second-order valence-corrected chi connectivity index (χ2v) is 4.10. The van der Waals surface area contributed by atoms with Gasteiger partial charge in [0.15, 0.2) is 0 Å². The molecule has 0 heterocycles. The second-order valence-electron chi connectivity index (χ2n) is 4.10. The van der Waals surface area contributed by atoms with Crippen LogP contribution >= 0.6 is 0 Å². The van der Waals surface area contributed by atoms with Gasteiger partial charge in [-0.1, -0.05) is 12.1 Å². The van der Waals surface area contributed by atoms with Crippen LogP contribution in [-0.4, -0.2) is 19.2 Å². The molecule has 2 nitrogen and oxygen atoms in total. The monoisotopic (exact) mass is 217 g/mol. The van der Waals surface area contributed by atoms with Gasteiger partial charge >= 0.3 is 0 Å².